The molecule has 5 aliphatic rings. The molecule has 5 heteroatoms. The van der Waals surface area contributed by atoms with Crippen molar-refractivity contribution in [1.29, 1.82) is 0 Å². The van der Waals surface area contributed by atoms with Crippen LogP contribution in [0.5, 0.6) is 0 Å². The van der Waals surface area contributed by atoms with E-state index < -0.39 is 0 Å². The molecule has 144 valence electrons. The van der Waals surface area contributed by atoms with Crippen LogP contribution < -0.4 is 5.32 Å². The van der Waals surface area contributed by atoms with Gasteiger partial charge in [-0.1, -0.05) is 6.07 Å². The van der Waals surface area contributed by atoms with Gasteiger partial charge in [0.05, 0.1) is 5.41 Å². The molecule has 1 aromatic rings. The number of carbonyl (C=O) groups excluding carboxylic acids is 2. The Labute approximate surface area is 160 Å². The number of amides is 2. The number of carbonyl (C=O) groups is 2. The summed E-state index contributed by atoms with van der Waals surface area (Å²) in [4.78, 5) is 32.5. The molecule has 2 heterocycles. The van der Waals surface area contributed by atoms with Crippen molar-refractivity contribution in [2.24, 2.45) is 23.2 Å². The summed E-state index contributed by atoms with van der Waals surface area (Å²) in [5, 5.41) is 3.03. The summed E-state index contributed by atoms with van der Waals surface area (Å²) in [6, 6.07) is 3.54. The lowest BCUT2D eigenvalue weighted by atomic mass is 9.49. The maximum atomic E-state index is 13.6. The number of aromatic nitrogens is 1. The first-order chi connectivity index (χ1) is 13.1. The molecular formula is C22H29N3O2. The van der Waals surface area contributed by atoms with Crippen molar-refractivity contribution >= 4 is 11.8 Å². The fourth-order valence-corrected chi connectivity index (χ4v) is 6.77. The predicted molar refractivity (Wildman–Crippen MR) is 101 cm³/mol. The average Bonchev–Trinajstić information content (AvgIpc) is 3.15. The quantitative estimate of drug-likeness (QED) is 0.890. The highest BCUT2D eigenvalue weighted by Crippen LogP contribution is 2.60. The molecule has 2 amide bonds. The molecule has 1 N–H and O–H groups in total. The van der Waals surface area contributed by atoms with Crippen LogP contribution in [0, 0.1) is 23.2 Å². The third-order valence-corrected chi connectivity index (χ3v) is 7.50. The van der Waals surface area contributed by atoms with Gasteiger partial charge in [-0.25, -0.2) is 0 Å². The Morgan fingerprint density at radius 3 is 2.48 bits per heavy atom. The minimum absolute atomic E-state index is 0.00516. The van der Waals surface area contributed by atoms with E-state index in [0.717, 1.165) is 62.0 Å². The molecule has 4 aliphatic carbocycles. The highest BCUT2D eigenvalue weighted by Gasteiger charge is 2.56. The van der Waals surface area contributed by atoms with E-state index in [4.69, 9.17) is 0 Å². The minimum atomic E-state index is -0.290. The van der Waals surface area contributed by atoms with Crippen molar-refractivity contribution < 1.29 is 9.59 Å². The number of likely N-dealkylation sites (tertiary alicyclic amines) is 1. The van der Waals surface area contributed by atoms with Gasteiger partial charge < -0.3 is 10.2 Å². The first-order valence-electron chi connectivity index (χ1n) is 10.6. The van der Waals surface area contributed by atoms with E-state index in [1.54, 1.807) is 12.4 Å². The molecular weight excluding hydrogens is 338 g/mol. The first kappa shape index (κ1) is 17.2. The normalized spacial score (nSPS) is 36.8. The van der Waals surface area contributed by atoms with Crippen molar-refractivity contribution in [1.82, 2.24) is 15.2 Å². The smallest absolute Gasteiger partial charge is 0.243 e. The van der Waals surface area contributed by atoms with Gasteiger partial charge in [0, 0.05) is 25.5 Å². The Hall–Kier alpha value is -1.91. The van der Waals surface area contributed by atoms with Gasteiger partial charge in [-0.05, 0) is 80.8 Å². The SMILES string of the molecule is O=C(NCc1cccnc1)C1CCCN1C(=O)C12CC3CC(CC(C3)C1)C2. The van der Waals surface area contributed by atoms with E-state index in [2.05, 4.69) is 10.3 Å². The lowest BCUT2D eigenvalue weighted by Crippen LogP contribution is -2.57. The Morgan fingerprint density at radius 1 is 1.15 bits per heavy atom. The van der Waals surface area contributed by atoms with Crippen LogP contribution in [0.4, 0.5) is 0 Å². The van der Waals surface area contributed by atoms with Crippen LogP contribution in [0.3, 0.4) is 0 Å². The summed E-state index contributed by atoms with van der Waals surface area (Å²) in [5.41, 5.74) is 0.837. The number of nitrogens with one attached hydrogen (secondary N) is 1. The Balaban J connectivity index is 1.28. The average molecular weight is 367 g/mol. The van der Waals surface area contributed by atoms with Crippen molar-refractivity contribution in [3.63, 3.8) is 0 Å². The summed E-state index contributed by atoms with van der Waals surface area (Å²) < 4.78 is 0. The fraction of sp³-hybridized carbons (Fsp3) is 0.682. The third-order valence-electron chi connectivity index (χ3n) is 7.50. The summed E-state index contributed by atoms with van der Waals surface area (Å²) in [6.07, 6.45) is 12.4. The van der Waals surface area contributed by atoms with Gasteiger partial charge in [0.15, 0.2) is 0 Å². The Bertz CT molecular complexity index is 697. The van der Waals surface area contributed by atoms with Crippen molar-refractivity contribution in [3.8, 4) is 0 Å². The van der Waals surface area contributed by atoms with E-state index in [1.165, 1.54) is 19.3 Å². The largest absolute Gasteiger partial charge is 0.350 e. The van der Waals surface area contributed by atoms with Gasteiger partial charge in [0.1, 0.15) is 6.04 Å². The zero-order chi connectivity index (χ0) is 18.4. The molecule has 4 saturated carbocycles. The van der Waals surface area contributed by atoms with E-state index >= 15 is 0 Å². The molecule has 1 aromatic heterocycles. The summed E-state index contributed by atoms with van der Waals surface area (Å²) in [7, 11) is 0. The topological polar surface area (TPSA) is 62.3 Å². The molecule has 1 saturated heterocycles. The maximum absolute atomic E-state index is 13.6. The highest BCUT2D eigenvalue weighted by molar-refractivity contribution is 5.91. The highest BCUT2D eigenvalue weighted by atomic mass is 16.2. The lowest BCUT2D eigenvalue weighted by Gasteiger charge is -2.56. The van der Waals surface area contributed by atoms with E-state index in [9.17, 15) is 9.59 Å². The summed E-state index contributed by atoms with van der Waals surface area (Å²) in [5.74, 6) is 2.54. The Morgan fingerprint density at radius 2 is 1.85 bits per heavy atom. The maximum Gasteiger partial charge on any atom is 0.243 e. The molecule has 6 rings (SSSR count). The van der Waals surface area contributed by atoms with Gasteiger partial charge >= 0.3 is 0 Å². The second kappa shape index (κ2) is 6.61. The lowest BCUT2D eigenvalue weighted by molar-refractivity contribution is -0.160. The van der Waals surface area contributed by atoms with E-state index in [-0.39, 0.29) is 17.4 Å². The summed E-state index contributed by atoms with van der Waals surface area (Å²) >= 11 is 0. The molecule has 5 fully saturated rings. The second-order valence-electron chi connectivity index (χ2n) is 9.43. The van der Waals surface area contributed by atoms with Crippen molar-refractivity contribution in [2.75, 3.05) is 6.54 Å². The number of hydrogen-bond donors (Lipinski definition) is 1. The summed E-state index contributed by atoms with van der Waals surface area (Å²) in [6.45, 7) is 1.22. The second-order valence-corrected chi connectivity index (χ2v) is 9.43. The van der Waals surface area contributed by atoms with Crippen molar-refractivity contribution in [2.45, 2.75) is 64.0 Å². The number of rotatable bonds is 4. The van der Waals surface area contributed by atoms with Crippen molar-refractivity contribution in [3.05, 3.63) is 30.1 Å². The van der Waals surface area contributed by atoms with Gasteiger partial charge in [-0.15, -0.1) is 0 Å². The standard InChI is InChI=1S/C22H29N3O2/c26-20(24-14-15-3-1-5-23-13-15)19-4-2-6-25(19)21(27)22-10-16-7-17(11-22)9-18(8-16)12-22/h1,3,5,13,16-19H,2,4,6-12,14H2,(H,24,26). The number of pyridine rings is 1. The first-order valence-corrected chi connectivity index (χ1v) is 10.6. The van der Waals surface area contributed by atoms with Crippen LogP contribution >= 0.6 is 0 Å². The third kappa shape index (κ3) is 3.05. The minimum Gasteiger partial charge on any atom is -0.350 e. The van der Waals surface area contributed by atoms with Gasteiger partial charge in [0.2, 0.25) is 11.8 Å². The molecule has 27 heavy (non-hydrogen) atoms. The van der Waals surface area contributed by atoms with Crippen LogP contribution in [0.1, 0.15) is 56.9 Å². The van der Waals surface area contributed by atoms with Crippen LogP contribution in [0.15, 0.2) is 24.5 Å². The molecule has 0 radical (unpaired) electrons. The monoisotopic (exact) mass is 367 g/mol. The molecule has 0 spiro atoms. The van der Waals surface area contributed by atoms with Crippen LogP contribution in [0.25, 0.3) is 0 Å². The van der Waals surface area contributed by atoms with E-state index in [1.807, 2.05) is 17.0 Å². The number of hydrogen-bond acceptors (Lipinski definition) is 3. The van der Waals surface area contributed by atoms with Crippen LogP contribution in [-0.4, -0.2) is 34.3 Å². The number of nitrogens with zero attached hydrogens (tertiary/aromatic N) is 2. The van der Waals surface area contributed by atoms with Crippen LogP contribution in [0.2, 0.25) is 0 Å². The van der Waals surface area contributed by atoms with Crippen LogP contribution in [-0.2, 0) is 16.1 Å². The molecule has 5 nitrogen and oxygen atoms in total. The van der Waals surface area contributed by atoms with Gasteiger partial charge in [-0.3, -0.25) is 14.6 Å². The van der Waals surface area contributed by atoms with Gasteiger partial charge in [0.25, 0.3) is 0 Å². The zero-order valence-electron chi connectivity index (χ0n) is 15.9. The molecule has 1 atom stereocenters. The molecule has 1 aliphatic heterocycles. The molecule has 0 aromatic carbocycles. The Kier molecular flexibility index (Phi) is 4.21. The molecule has 1 unspecified atom stereocenters. The predicted octanol–water partition coefficient (Wildman–Crippen LogP) is 2.91. The molecule has 4 bridgehead atoms. The van der Waals surface area contributed by atoms with E-state index in [0.29, 0.717) is 12.5 Å². The van der Waals surface area contributed by atoms with Gasteiger partial charge in [-0.2, -0.15) is 0 Å². The fourth-order valence-electron chi connectivity index (χ4n) is 6.77. The zero-order valence-corrected chi connectivity index (χ0v) is 15.9.